The summed E-state index contributed by atoms with van der Waals surface area (Å²) in [4.78, 5) is 12.8. The van der Waals surface area contributed by atoms with Crippen molar-refractivity contribution in [1.29, 1.82) is 0 Å². The zero-order valence-corrected chi connectivity index (χ0v) is 13.8. The van der Waals surface area contributed by atoms with Crippen molar-refractivity contribution >= 4 is 34.5 Å². The van der Waals surface area contributed by atoms with Crippen molar-refractivity contribution < 1.29 is 9.90 Å². The molecule has 1 saturated carbocycles. The van der Waals surface area contributed by atoms with Crippen LogP contribution >= 0.6 is 28.6 Å². The number of hydrogen-bond acceptors (Lipinski definition) is 3. The minimum absolute atomic E-state index is 0.0928. The summed E-state index contributed by atoms with van der Waals surface area (Å²) < 4.78 is 0.909. The van der Waals surface area contributed by atoms with Gasteiger partial charge in [-0.05, 0) is 42.9 Å². The molecule has 0 aromatic heterocycles. The molecule has 1 aromatic carbocycles. The van der Waals surface area contributed by atoms with E-state index in [9.17, 15) is 9.90 Å². The van der Waals surface area contributed by atoms with Crippen LogP contribution in [0.3, 0.4) is 0 Å². The molecule has 110 valence electrons. The molecule has 2 rings (SSSR count). The Bertz CT molecular complexity index is 481. The molecule has 2 unspecified atom stereocenters. The lowest BCUT2D eigenvalue weighted by Crippen LogP contribution is -2.35. The van der Waals surface area contributed by atoms with Gasteiger partial charge < -0.3 is 10.4 Å². The molecular formula is C15H20BrNO2S. The minimum Gasteiger partial charge on any atom is -0.396 e. The summed E-state index contributed by atoms with van der Waals surface area (Å²) in [5.41, 5.74) is 0.591. The number of thiol groups is 1. The van der Waals surface area contributed by atoms with Gasteiger partial charge in [-0.3, -0.25) is 4.79 Å². The maximum atomic E-state index is 12.2. The maximum absolute atomic E-state index is 12.2. The first-order valence-electron chi connectivity index (χ1n) is 6.99. The third kappa shape index (κ3) is 3.99. The second kappa shape index (κ2) is 7.48. The summed E-state index contributed by atoms with van der Waals surface area (Å²) >= 11 is 7.69. The molecule has 2 atom stereocenters. The molecule has 1 amide bonds. The Morgan fingerprint density at radius 2 is 2.05 bits per heavy atom. The molecule has 1 aliphatic rings. The molecule has 2 N–H and O–H groups in total. The highest BCUT2D eigenvalue weighted by Crippen LogP contribution is 2.29. The summed E-state index contributed by atoms with van der Waals surface area (Å²) in [5.74, 6) is 0.616. The van der Waals surface area contributed by atoms with Crippen molar-refractivity contribution in [1.82, 2.24) is 5.32 Å². The number of amides is 1. The van der Waals surface area contributed by atoms with Crippen molar-refractivity contribution in [3.63, 3.8) is 0 Å². The van der Waals surface area contributed by atoms with Gasteiger partial charge in [-0.25, -0.2) is 0 Å². The SMILES string of the molecule is O=C(NCC1CCCCC1CO)c1ccc(Br)cc1S. The van der Waals surface area contributed by atoms with E-state index in [-0.39, 0.29) is 12.5 Å². The molecule has 0 radical (unpaired) electrons. The Morgan fingerprint density at radius 1 is 1.35 bits per heavy atom. The number of benzene rings is 1. The van der Waals surface area contributed by atoms with Crippen LogP contribution < -0.4 is 5.32 Å². The van der Waals surface area contributed by atoms with Crippen molar-refractivity contribution in [3.05, 3.63) is 28.2 Å². The Balaban J connectivity index is 1.94. The molecule has 1 fully saturated rings. The molecule has 1 aromatic rings. The molecule has 0 saturated heterocycles. The first-order chi connectivity index (χ1) is 9.61. The highest BCUT2D eigenvalue weighted by Gasteiger charge is 2.25. The number of aliphatic hydroxyl groups is 1. The van der Waals surface area contributed by atoms with Crippen LogP contribution in [0.1, 0.15) is 36.0 Å². The second-order valence-corrected chi connectivity index (χ2v) is 6.76. The van der Waals surface area contributed by atoms with E-state index in [2.05, 4.69) is 33.9 Å². The fraction of sp³-hybridized carbons (Fsp3) is 0.533. The first kappa shape index (κ1) is 15.9. The quantitative estimate of drug-likeness (QED) is 0.724. The average molecular weight is 358 g/mol. The van der Waals surface area contributed by atoms with Gasteiger partial charge in [0.05, 0.1) is 5.56 Å². The van der Waals surface area contributed by atoms with Crippen LogP contribution in [0, 0.1) is 11.8 Å². The standard InChI is InChI=1S/C15H20BrNO2S/c16-12-5-6-13(14(20)7-12)15(19)17-8-10-3-1-2-4-11(10)9-18/h5-7,10-11,18,20H,1-4,8-9H2,(H,17,19). The number of carbonyl (C=O) groups is 1. The van der Waals surface area contributed by atoms with Crippen LogP contribution in [0.4, 0.5) is 0 Å². The van der Waals surface area contributed by atoms with E-state index in [1.165, 1.54) is 12.8 Å². The van der Waals surface area contributed by atoms with Crippen LogP contribution in [0.2, 0.25) is 0 Å². The van der Waals surface area contributed by atoms with Gasteiger partial charge in [-0.1, -0.05) is 28.8 Å². The Kier molecular flexibility index (Phi) is 5.93. The summed E-state index contributed by atoms with van der Waals surface area (Å²) in [6.07, 6.45) is 4.52. The lowest BCUT2D eigenvalue weighted by molar-refractivity contribution is 0.0906. The average Bonchev–Trinajstić information content (AvgIpc) is 2.45. The van der Waals surface area contributed by atoms with Gasteiger partial charge in [0.1, 0.15) is 0 Å². The monoisotopic (exact) mass is 357 g/mol. The number of halogens is 1. The summed E-state index contributed by atoms with van der Waals surface area (Å²) in [6, 6.07) is 5.42. The van der Waals surface area contributed by atoms with E-state index >= 15 is 0 Å². The number of carbonyl (C=O) groups excluding carboxylic acids is 1. The smallest absolute Gasteiger partial charge is 0.252 e. The molecule has 1 aliphatic carbocycles. The number of rotatable bonds is 4. The van der Waals surface area contributed by atoms with Gasteiger partial charge in [0, 0.05) is 22.5 Å². The molecule has 0 bridgehead atoms. The highest BCUT2D eigenvalue weighted by atomic mass is 79.9. The van der Waals surface area contributed by atoms with Crippen LogP contribution in [0.15, 0.2) is 27.6 Å². The lowest BCUT2D eigenvalue weighted by Gasteiger charge is -2.30. The molecule has 20 heavy (non-hydrogen) atoms. The van der Waals surface area contributed by atoms with Gasteiger partial charge in [-0.2, -0.15) is 0 Å². The topological polar surface area (TPSA) is 49.3 Å². The predicted octanol–water partition coefficient (Wildman–Crippen LogP) is 3.27. The van der Waals surface area contributed by atoms with Crippen molar-refractivity contribution in [3.8, 4) is 0 Å². The Labute approximate surface area is 133 Å². The van der Waals surface area contributed by atoms with E-state index < -0.39 is 0 Å². The maximum Gasteiger partial charge on any atom is 0.252 e. The van der Waals surface area contributed by atoms with E-state index in [0.717, 1.165) is 17.3 Å². The molecule has 0 aliphatic heterocycles. The molecular weight excluding hydrogens is 338 g/mol. The zero-order chi connectivity index (χ0) is 14.5. The van der Waals surface area contributed by atoms with Crippen LogP contribution in [0.5, 0.6) is 0 Å². The van der Waals surface area contributed by atoms with Crippen LogP contribution in [-0.4, -0.2) is 24.2 Å². The fourth-order valence-electron chi connectivity index (χ4n) is 2.81. The molecule has 5 heteroatoms. The Morgan fingerprint density at radius 3 is 2.70 bits per heavy atom. The second-order valence-electron chi connectivity index (χ2n) is 5.36. The van der Waals surface area contributed by atoms with Crippen molar-refractivity contribution in [2.75, 3.05) is 13.2 Å². The minimum atomic E-state index is -0.0928. The highest BCUT2D eigenvalue weighted by molar-refractivity contribution is 9.10. The van der Waals surface area contributed by atoms with Crippen LogP contribution in [0.25, 0.3) is 0 Å². The van der Waals surface area contributed by atoms with E-state index in [4.69, 9.17) is 0 Å². The summed E-state index contributed by atoms with van der Waals surface area (Å²) in [6.45, 7) is 0.851. The third-order valence-corrected chi connectivity index (χ3v) is 4.89. The van der Waals surface area contributed by atoms with E-state index in [0.29, 0.717) is 28.8 Å². The summed E-state index contributed by atoms with van der Waals surface area (Å²) in [7, 11) is 0. The molecule has 3 nitrogen and oxygen atoms in total. The zero-order valence-electron chi connectivity index (χ0n) is 11.3. The van der Waals surface area contributed by atoms with Gasteiger partial charge in [-0.15, -0.1) is 12.6 Å². The largest absolute Gasteiger partial charge is 0.396 e. The third-order valence-electron chi connectivity index (χ3n) is 4.03. The predicted molar refractivity (Wildman–Crippen MR) is 86.3 cm³/mol. The first-order valence-corrected chi connectivity index (χ1v) is 8.23. The fourth-order valence-corrected chi connectivity index (χ4v) is 3.66. The van der Waals surface area contributed by atoms with Gasteiger partial charge in [0.15, 0.2) is 0 Å². The molecule has 0 heterocycles. The number of nitrogens with one attached hydrogen (secondary N) is 1. The molecule has 0 spiro atoms. The summed E-state index contributed by atoms with van der Waals surface area (Å²) in [5, 5.41) is 12.4. The van der Waals surface area contributed by atoms with Crippen molar-refractivity contribution in [2.45, 2.75) is 30.6 Å². The lowest BCUT2D eigenvalue weighted by atomic mass is 9.79. The van der Waals surface area contributed by atoms with Gasteiger partial charge >= 0.3 is 0 Å². The number of hydrogen-bond donors (Lipinski definition) is 3. The van der Waals surface area contributed by atoms with E-state index in [1.807, 2.05) is 12.1 Å². The van der Waals surface area contributed by atoms with E-state index in [1.54, 1.807) is 6.07 Å². The number of aliphatic hydroxyl groups excluding tert-OH is 1. The van der Waals surface area contributed by atoms with Gasteiger partial charge in [0.25, 0.3) is 5.91 Å². The van der Waals surface area contributed by atoms with Crippen LogP contribution in [-0.2, 0) is 0 Å². The normalized spacial score (nSPS) is 22.6. The van der Waals surface area contributed by atoms with Crippen molar-refractivity contribution in [2.24, 2.45) is 11.8 Å². The Hall–Kier alpha value is -0.520. The van der Waals surface area contributed by atoms with Gasteiger partial charge in [0.2, 0.25) is 0 Å².